The Hall–Kier alpha value is -2.40. The Morgan fingerprint density at radius 1 is 1.26 bits per heavy atom. The predicted molar refractivity (Wildman–Crippen MR) is 91.3 cm³/mol. The third-order valence-corrected chi connectivity index (χ3v) is 5.31. The first-order valence-corrected chi connectivity index (χ1v) is 8.56. The highest BCUT2D eigenvalue weighted by Crippen LogP contribution is 2.27. The van der Waals surface area contributed by atoms with E-state index >= 15 is 0 Å². The van der Waals surface area contributed by atoms with Crippen LogP contribution in [0.4, 0.5) is 0 Å². The molecular formula is C18H17N3OS. The second-order valence-corrected chi connectivity index (χ2v) is 6.84. The molecule has 4 rings (SSSR count). The van der Waals surface area contributed by atoms with Gasteiger partial charge in [0.15, 0.2) is 0 Å². The highest BCUT2D eigenvalue weighted by atomic mass is 32.1. The van der Waals surface area contributed by atoms with Crippen LogP contribution in [0.5, 0.6) is 0 Å². The van der Waals surface area contributed by atoms with Gasteiger partial charge in [0.1, 0.15) is 0 Å². The molecule has 3 aromatic rings. The molecule has 1 aliphatic carbocycles. The number of hydrogen-bond acceptors (Lipinski definition) is 3. The number of carbonyl (C=O) groups is 1. The number of benzene rings is 1. The molecule has 23 heavy (non-hydrogen) atoms. The van der Waals surface area contributed by atoms with Gasteiger partial charge in [-0.1, -0.05) is 18.2 Å². The summed E-state index contributed by atoms with van der Waals surface area (Å²) >= 11 is 1.78. The zero-order valence-electron chi connectivity index (χ0n) is 12.8. The lowest BCUT2D eigenvalue weighted by atomic mass is 10.2. The van der Waals surface area contributed by atoms with Crippen molar-refractivity contribution >= 4 is 17.2 Å². The van der Waals surface area contributed by atoms with Crippen molar-refractivity contribution in [2.75, 3.05) is 0 Å². The van der Waals surface area contributed by atoms with Gasteiger partial charge < -0.3 is 5.32 Å². The molecule has 2 aromatic heterocycles. The summed E-state index contributed by atoms with van der Waals surface area (Å²) in [4.78, 5) is 14.0. The second-order valence-electron chi connectivity index (χ2n) is 5.84. The van der Waals surface area contributed by atoms with Crippen LogP contribution in [0.25, 0.3) is 5.69 Å². The van der Waals surface area contributed by atoms with Gasteiger partial charge in [-0.15, -0.1) is 11.3 Å². The first kappa shape index (κ1) is 14.2. The van der Waals surface area contributed by atoms with Crippen molar-refractivity contribution in [3.8, 4) is 5.69 Å². The number of nitrogens with zero attached hydrogens (tertiary/aromatic N) is 2. The summed E-state index contributed by atoms with van der Waals surface area (Å²) in [6.07, 6.45) is 3.52. The third kappa shape index (κ3) is 2.57. The zero-order valence-corrected chi connectivity index (χ0v) is 13.6. The van der Waals surface area contributed by atoms with Crippen molar-refractivity contribution in [2.45, 2.75) is 25.8 Å². The van der Waals surface area contributed by atoms with E-state index in [2.05, 4.69) is 21.9 Å². The van der Waals surface area contributed by atoms with Crippen molar-refractivity contribution in [3.63, 3.8) is 0 Å². The molecule has 0 bridgehead atoms. The lowest BCUT2D eigenvalue weighted by molar-refractivity contribution is 0.0938. The largest absolute Gasteiger partial charge is 0.348 e. The summed E-state index contributed by atoms with van der Waals surface area (Å²) in [5.41, 5.74) is 3.84. The molecule has 0 saturated heterocycles. The fraction of sp³-hybridized carbons (Fsp3) is 0.222. The SMILES string of the molecule is Cc1c(C(=O)NC2Cc3ccsc3C2)cnn1-c1ccccc1. The molecule has 5 heteroatoms. The molecule has 2 heterocycles. The van der Waals surface area contributed by atoms with Gasteiger partial charge in [0.2, 0.25) is 0 Å². The Balaban J connectivity index is 1.51. The topological polar surface area (TPSA) is 46.9 Å². The van der Waals surface area contributed by atoms with Crippen LogP contribution in [0.1, 0.15) is 26.5 Å². The van der Waals surface area contributed by atoms with Gasteiger partial charge in [0.05, 0.1) is 23.1 Å². The molecular weight excluding hydrogens is 306 g/mol. The maximum Gasteiger partial charge on any atom is 0.255 e. The Morgan fingerprint density at radius 2 is 2.09 bits per heavy atom. The van der Waals surface area contributed by atoms with Crippen LogP contribution in [-0.2, 0) is 12.8 Å². The Bertz CT molecular complexity index is 830. The Kier molecular flexibility index (Phi) is 3.50. The first-order valence-electron chi connectivity index (χ1n) is 7.68. The van der Waals surface area contributed by atoms with Gasteiger partial charge in [-0.05, 0) is 42.5 Å². The number of rotatable bonds is 3. The normalized spacial score (nSPS) is 16.3. The fourth-order valence-electron chi connectivity index (χ4n) is 3.12. The molecule has 1 aromatic carbocycles. The molecule has 0 saturated carbocycles. The molecule has 116 valence electrons. The second kappa shape index (κ2) is 5.66. The molecule has 1 unspecified atom stereocenters. The van der Waals surface area contributed by atoms with E-state index in [1.165, 1.54) is 10.4 Å². The molecule has 1 atom stereocenters. The van der Waals surface area contributed by atoms with Crippen molar-refractivity contribution in [1.29, 1.82) is 0 Å². The van der Waals surface area contributed by atoms with E-state index in [0.717, 1.165) is 24.2 Å². The molecule has 0 fully saturated rings. The Morgan fingerprint density at radius 3 is 2.87 bits per heavy atom. The first-order chi connectivity index (χ1) is 11.2. The van der Waals surface area contributed by atoms with Crippen LogP contribution in [-0.4, -0.2) is 21.7 Å². The molecule has 1 N–H and O–H groups in total. The van der Waals surface area contributed by atoms with Crippen molar-refractivity contribution < 1.29 is 4.79 Å². The summed E-state index contributed by atoms with van der Waals surface area (Å²) in [5, 5.41) is 9.64. The fourth-order valence-corrected chi connectivity index (χ4v) is 4.11. The summed E-state index contributed by atoms with van der Waals surface area (Å²) in [5.74, 6) is -0.0372. The number of hydrogen-bond donors (Lipinski definition) is 1. The van der Waals surface area contributed by atoms with Crippen molar-refractivity contribution in [2.24, 2.45) is 0 Å². The van der Waals surface area contributed by atoms with Crippen LogP contribution in [0.2, 0.25) is 0 Å². The smallest absolute Gasteiger partial charge is 0.255 e. The predicted octanol–water partition coefficient (Wildman–Crippen LogP) is 3.14. The van der Waals surface area contributed by atoms with Gasteiger partial charge in [-0.25, -0.2) is 4.68 Å². The van der Waals surface area contributed by atoms with Gasteiger partial charge >= 0.3 is 0 Å². The van der Waals surface area contributed by atoms with Crippen LogP contribution in [0.3, 0.4) is 0 Å². The monoisotopic (exact) mass is 323 g/mol. The molecule has 0 aliphatic heterocycles. The molecule has 4 nitrogen and oxygen atoms in total. The quantitative estimate of drug-likeness (QED) is 0.805. The van der Waals surface area contributed by atoms with Crippen LogP contribution in [0.15, 0.2) is 48.0 Å². The van der Waals surface area contributed by atoms with E-state index in [-0.39, 0.29) is 11.9 Å². The zero-order chi connectivity index (χ0) is 15.8. The number of fused-ring (bicyclic) bond motifs is 1. The van der Waals surface area contributed by atoms with Gasteiger partial charge in [0.25, 0.3) is 5.91 Å². The van der Waals surface area contributed by atoms with E-state index in [9.17, 15) is 4.79 Å². The highest BCUT2D eigenvalue weighted by Gasteiger charge is 2.25. The number of amides is 1. The minimum absolute atomic E-state index is 0.0372. The van der Waals surface area contributed by atoms with Crippen molar-refractivity contribution in [3.05, 3.63) is 69.7 Å². The number of thiophene rings is 1. The van der Waals surface area contributed by atoms with Gasteiger partial charge in [0, 0.05) is 17.3 Å². The summed E-state index contributed by atoms with van der Waals surface area (Å²) in [6, 6.07) is 12.2. The minimum atomic E-state index is -0.0372. The van der Waals surface area contributed by atoms with E-state index in [1.54, 1.807) is 22.2 Å². The van der Waals surface area contributed by atoms with E-state index < -0.39 is 0 Å². The molecule has 1 amide bonds. The van der Waals surface area contributed by atoms with E-state index in [1.807, 2.05) is 37.3 Å². The number of carbonyl (C=O) groups excluding carboxylic acids is 1. The highest BCUT2D eigenvalue weighted by molar-refractivity contribution is 7.10. The number of para-hydroxylation sites is 1. The maximum atomic E-state index is 12.6. The lowest BCUT2D eigenvalue weighted by Crippen LogP contribution is -2.35. The molecule has 1 aliphatic rings. The average Bonchev–Trinajstić information content (AvgIpc) is 3.22. The van der Waals surface area contributed by atoms with Gasteiger partial charge in [-0.2, -0.15) is 5.10 Å². The number of nitrogens with one attached hydrogen (secondary N) is 1. The van der Waals surface area contributed by atoms with Gasteiger partial charge in [-0.3, -0.25) is 4.79 Å². The summed E-state index contributed by atoms with van der Waals surface area (Å²) in [6.45, 7) is 1.93. The average molecular weight is 323 g/mol. The Labute approximate surface area is 138 Å². The van der Waals surface area contributed by atoms with Crippen molar-refractivity contribution in [1.82, 2.24) is 15.1 Å². The summed E-state index contributed by atoms with van der Waals surface area (Å²) < 4.78 is 1.81. The van der Waals surface area contributed by atoms with E-state index in [0.29, 0.717) is 5.56 Å². The molecule has 0 radical (unpaired) electrons. The number of aromatic nitrogens is 2. The van der Waals surface area contributed by atoms with Crippen LogP contribution < -0.4 is 5.32 Å². The third-order valence-electron chi connectivity index (χ3n) is 4.33. The standard InChI is InChI=1S/C18H17N3OS/c1-12-16(11-19-21(12)15-5-3-2-4-6-15)18(22)20-14-9-13-7-8-23-17(13)10-14/h2-8,11,14H,9-10H2,1H3,(H,20,22). The van der Waals surface area contributed by atoms with Crippen LogP contribution >= 0.6 is 11.3 Å². The van der Waals surface area contributed by atoms with Crippen LogP contribution in [0, 0.1) is 6.92 Å². The minimum Gasteiger partial charge on any atom is -0.348 e. The summed E-state index contributed by atoms with van der Waals surface area (Å²) in [7, 11) is 0. The molecule has 0 spiro atoms. The lowest BCUT2D eigenvalue weighted by Gasteiger charge is -2.12. The van der Waals surface area contributed by atoms with E-state index in [4.69, 9.17) is 0 Å². The maximum absolute atomic E-state index is 12.6.